The second kappa shape index (κ2) is 6.25. The highest BCUT2D eigenvalue weighted by molar-refractivity contribution is 6.42. The van der Waals surface area contributed by atoms with Crippen LogP contribution in [-0.2, 0) is 6.54 Å². The van der Waals surface area contributed by atoms with E-state index in [9.17, 15) is 5.11 Å². The van der Waals surface area contributed by atoms with Crippen molar-refractivity contribution in [2.24, 2.45) is 0 Å². The van der Waals surface area contributed by atoms with Gasteiger partial charge >= 0.3 is 0 Å². The molecule has 0 radical (unpaired) electrons. The molecule has 0 spiro atoms. The smallest absolute Gasteiger partial charge is 0.0637 e. The van der Waals surface area contributed by atoms with E-state index in [1.165, 1.54) is 19.3 Å². The molecule has 0 saturated heterocycles. The first-order chi connectivity index (χ1) is 8.67. The molecule has 0 atom stereocenters. The highest BCUT2D eigenvalue weighted by Gasteiger charge is 2.30. The average molecular weight is 288 g/mol. The zero-order valence-corrected chi connectivity index (χ0v) is 11.9. The zero-order chi connectivity index (χ0) is 13.0. The van der Waals surface area contributed by atoms with E-state index < -0.39 is 0 Å². The van der Waals surface area contributed by atoms with Crippen molar-refractivity contribution in [1.29, 1.82) is 0 Å². The van der Waals surface area contributed by atoms with Crippen LogP contribution >= 0.6 is 23.2 Å². The first-order valence-corrected chi connectivity index (χ1v) is 7.21. The van der Waals surface area contributed by atoms with Gasteiger partial charge in [0.1, 0.15) is 0 Å². The summed E-state index contributed by atoms with van der Waals surface area (Å²) in [5.41, 5.74) is 0.853. The summed E-state index contributed by atoms with van der Waals surface area (Å²) in [6.45, 7) is 0.838. The summed E-state index contributed by atoms with van der Waals surface area (Å²) in [6, 6.07) is 5.66. The van der Waals surface area contributed by atoms with E-state index >= 15 is 0 Å². The van der Waals surface area contributed by atoms with E-state index in [1.54, 1.807) is 6.07 Å². The quantitative estimate of drug-likeness (QED) is 0.883. The van der Waals surface area contributed by atoms with Gasteiger partial charge in [0.2, 0.25) is 0 Å². The third kappa shape index (κ3) is 3.18. The first-order valence-electron chi connectivity index (χ1n) is 6.46. The van der Waals surface area contributed by atoms with E-state index in [2.05, 4.69) is 5.32 Å². The Morgan fingerprint density at radius 2 is 1.89 bits per heavy atom. The Bertz CT molecular complexity index is 403. The maximum absolute atomic E-state index is 9.62. The van der Waals surface area contributed by atoms with E-state index in [-0.39, 0.29) is 12.1 Å². The number of rotatable bonds is 4. The molecule has 1 aliphatic rings. The maximum Gasteiger partial charge on any atom is 0.0637 e. The Labute approximate surface area is 118 Å². The summed E-state index contributed by atoms with van der Waals surface area (Å²) in [5.74, 6) is 0. The van der Waals surface area contributed by atoms with E-state index in [4.69, 9.17) is 23.2 Å². The lowest BCUT2D eigenvalue weighted by atomic mass is 9.82. The van der Waals surface area contributed by atoms with Crippen LogP contribution in [-0.4, -0.2) is 17.3 Å². The van der Waals surface area contributed by atoms with Gasteiger partial charge in [0, 0.05) is 12.1 Å². The van der Waals surface area contributed by atoms with Crippen molar-refractivity contribution in [3.63, 3.8) is 0 Å². The highest BCUT2D eigenvalue weighted by Crippen LogP contribution is 2.30. The Balaban J connectivity index is 2.03. The van der Waals surface area contributed by atoms with Crippen LogP contribution in [0.1, 0.15) is 37.7 Å². The van der Waals surface area contributed by atoms with Gasteiger partial charge in [-0.05, 0) is 24.5 Å². The molecule has 0 heterocycles. The largest absolute Gasteiger partial charge is 0.394 e. The third-order valence-electron chi connectivity index (χ3n) is 3.80. The number of benzene rings is 1. The summed E-state index contributed by atoms with van der Waals surface area (Å²) in [4.78, 5) is 0. The second-order valence-electron chi connectivity index (χ2n) is 5.07. The molecule has 4 heteroatoms. The van der Waals surface area contributed by atoms with Crippen LogP contribution in [0.4, 0.5) is 0 Å². The van der Waals surface area contributed by atoms with Crippen LogP contribution in [0.5, 0.6) is 0 Å². The first kappa shape index (κ1) is 14.1. The molecule has 0 bridgehead atoms. The molecule has 2 nitrogen and oxygen atoms in total. The molecular formula is C14H19Cl2NO. The minimum absolute atomic E-state index is 0.135. The monoisotopic (exact) mass is 287 g/mol. The van der Waals surface area contributed by atoms with Gasteiger partial charge in [0.15, 0.2) is 0 Å². The van der Waals surface area contributed by atoms with Crippen molar-refractivity contribution in [3.05, 3.63) is 33.8 Å². The van der Waals surface area contributed by atoms with Crippen molar-refractivity contribution in [1.82, 2.24) is 5.32 Å². The summed E-state index contributed by atoms with van der Waals surface area (Å²) >= 11 is 12.2. The standard InChI is InChI=1S/C14H19Cl2NO/c15-12-6-4-5-11(13(12)16)9-17-14(10-18)7-2-1-3-8-14/h4-6,17-18H,1-3,7-10H2. The molecule has 18 heavy (non-hydrogen) atoms. The fourth-order valence-electron chi connectivity index (χ4n) is 2.59. The number of halogens is 2. The van der Waals surface area contributed by atoms with Crippen LogP contribution in [0.15, 0.2) is 18.2 Å². The molecule has 0 amide bonds. The molecule has 0 unspecified atom stereocenters. The maximum atomic E-state index is 9.62. The van der Waals surface area contributed by atoms with Crippen molar-refractivity contribution < 1.29 is 5.11 Å². The lowest BCUT2D eigenvalue weighted by Gasteiger charge is -2.36. The van der Waals surface area contributed by atoms with Gasteiger partial charge in [-0.3, -0.25) is 0 Å². The topological polar surface area (TPSA) is 32.3 Å². The molecule has 0 aliphatic heterocycles. The molecule has 1 fully saturated rings. The van der Waals surface area contributed by atoms with Gasteiger partial charge in [-0.2, -0.15) is 0 Å². The summed E-state index contributed by atoms with van der Waals surface area (Å²) in [6.07, 6.45) is 5.68. The molecule has 1 aromatic rings. The molecule has 1 aliphatic carbocycles. The van der Waals surface area contributed by atoms with Crippen LogP contribution in [0.2, 0.25) is 10.0 Å². The molecule has 2 rings (SSSR count). The zero-order valence-electron chi connectivity index (χ0n) is 10.4. The van der Waals surface area contributed by atoms with Crippen molar-refractivity contribution >= 4 is 23.2 Å². The fourth-order valence-corrected chi connectivity index (χ4v) is 2.97. The van der Waals surface area contributed by atoms with Gasteiger partial charge < -0.3 is 10.4 Å². The minimum atomic E-state index is -0.135. The number of aliphatic hydroxyl groups is 1. The summed E-state index contributed by atoms with van der Waals surface area (Å²) in [5, 5.41) is 14.3. The minimum Gasteiger partial charge on any atom is -0.394 e. The Hall–Kier alpha value is -0.280. The van der Waals surface area contributed by atoms with E-state index in [0.29, 0.717) is 16.6 Å². The van der Waals surface area contributed by atoms with Gasteiger partial charge in [-0.15, -0.1) is 0 Å². The summed E-state index contributed by atoms with van der Waals surface area (Å²) < 4.78 is 0. The predicted molar refractivity (Wildman–Crippen MR) is 76.2 cm³/mol. The van der Waals surface area contributed by atoms with Gasteiger partial charge in [-0.1, -0.05) is 54.6 Å². The van der Waals surface area contributed by atoms with Gasteiger partial charge in [0.05, 0.1) is 16.7 Å². The molecule has 0 aromatic heterocycles. The molecule has 1 aromatic carbocycles. The average Bonchev–Trinajstić information content (AvgIpc) is 2.41. The van der Waals surface area contributed by atoms with Crippen molar-refractivity contribution in [2.75, 3.05) is 6.61 Å². The Kier molecular flexibility index (Phi) is 4.91. The lowest BCUT2D eigenvalue weighted by molar-refractivity contribution is 0.119. The highest BCUT2D eigenvalue weighted by atomic mass is 35.5. The number of hydrogen-bond acceptors (Lipinski definition) is 2. The third-order valence-corrected chi connectivity index (χ3v) is 4.66. The Morgan fingerprint density at radius 1 is 1.17 bits per heavy atom. The lowest BCUT2D eigenvalue weighted by Crippen LogP contribution is -2.49. The molecule has 2 N–H and O–H groups in total. The number of nitrogens with one attached hydrogen (secondary N) is 1. The number of hydrogen-bond donors (Lipinski definition) is 2. The van der Waals surface area contributed by atoms with E-state index in [0.717, 1.165) is 18.4 Å². The fraction of sp³-hybridized carbons (Fsp3) is 0.571. The normalized spacial score (nSPS) is 18.8. The van der Waals surface area contributed by atoms with Crippen LogP contribution in [0.25, 0.3) is 0 Å². The Morgan fingerprint density at radius 3 is 2.56 bits per heavy atom. The molecular weight excluding hydrogens is 269 g/mol. The van der Waals surface area contributed by atoms with Crippen molar-refractivity contribution in [2.45, 2.75) is 44.2 Å². The summed E-state index contributed by atoms with van der Waals surface area (Å²) in [7, 11) is 0. The molecule has 100 valence electrons. The SMILES string of the molecule is OCC1(NCc2cccc(Cl)c2Cl)CCCCC1. The molecule has 1 saturated carbocycles. The van der Waals surface area contributed by atoms with Crippen LogP contribution < -0.4 is 5.32 Å². The van der Waals surface area contributed by atoms with Gasteiger partial charge in [-0.25, -0.2) is 0 Å². The van der Waals surface area contributed by atoms with E-state index in [1.807, 2.05) is 12.1 Å². The predicted octanol–water partition coefficient (Wildman–Crippen LogP) is 3.78. The van der Waals surface area contributed by atoms with Crippen molar-refractivity contribution in [3.8, 4) is 0 Å². The van der Waals surface area contributed by atoms with Crippen LogP contribution in [0.3, 0.4) is 0 Å². The van der Waals surface area contributed by atoms with Gasteiger partial charge in [0.25, 0.3) is 0 Å². The number of aliphatic hydroxyl groups excluding tert-OH is 1. The second-order valence-corrected chi connectivity index (χ2v) is 5.85. The van der Waals surface area contributed by atoms with Crippen LogP contribution in [0, 0.1) is 0 Å².